The number of benzene rings is 2. The lowest BCUT2D eigenvalue weighted by Crippen LogP contribution is -2.49. The van der Waals surface area contributed by atoms with Crippen LogP contribution >= 0.6 is 11.6 Å². The highest BCUT2D eigenvalue weighted by Crippen LogP contribution is 2.18. The van der Waals surface area contributed by atoms with E-state index in [1.165, 1.54) is 0 Å². The molecule has 0 aromatic heterocycles. The Morgan fingerprint density at radius 2 is 1.76 bits per heavy atom. The zero-order valence-corrected chi connectivity index (χ0v) is 14.5. The molecule has 1 aliphatic rings. The van der Waals surface area contributed by atoms with Crippen molar-refractivity contribution in [2.75, 3.05) is 31.1 Å². The first-order valence-corrected chi connectivity index (χ1v) is 8.52. The van der Waals surface area contributed by atoms with Crippen LogP contribution in [-0.4, -0.2) is 37.0 Å². The maximum absolute atomic E-state index is 12.6. The number of para-hydroxylation sites is 1. The minimum atomic E-state index is -0.227. The van der Waals surface area contributed by atoms with Gasteiger partial charge in [0.25, 0.3) is 5.91 Å². The number of rotatable bonds is 3. The van der Waals surface area contributed by atoms with Gasteiger partial charge in [-0.2, -0.15) is 5.26 Å². The fraction of sp³-hybridized carbons (Fsp3) is 0.200. The predicted molar refractivity (Wildman–Crippen MR) is 100 cm³/mol. The summed E-state index contributed by atoms with van der Waals surface area (Å²) < 4.78 is 0. The first-order chi connectivity index (χ1) is 12.2. The number of amides is 1. The fourth-order valence-corrected chi connectivity index (χ4v) is 3.08. The Balaban J connectivity index is 1.68. The van der Waals surface area contributed by atoms with Crippen molar-refractivity contribution in [1.82, 2.24) is 4.90 Å². The molecule has 1 fully saturated rings. The van der Waals surface area contributed by atoms with Crippen LogP contribution in [0, 0.1) is 11.3 Å². The van der Waals surface area contributed by atoms with Crippen LogP contribution in [0.3, 0.4) is 0 Å². The van der Waals surface area contributed by atoms with Gasteiger partial charge in [-0.05, 0) is 35.9 Å². The van der Waals surface area contributed by atoms with Crippen molar-refractivity contribution >= 4 is 29.3 Å². The van der Waals surface area contributed by atoms with Crippen molar-refractivity contribution in [2.24, 2.45) is 0 Å². The average Bonchev–Trinajstić information content (AvgIpc) is 2.66. The lowest BCUT2D eigenvalue weighted by Gasteiger charge is -2.36. The molecule has 25 heavy (non-hydrogen) atoms. The van der Waals surface area contributed by atoms with Crippen LogP contribution < -0.4 is 4.90 Å². The molecule has 0 N–H and O–H groups in total. The van der Waals surface area contributed by atoms with Gasteiger partial charge in [-0.3, -0.25) is 4.79 Å². The van der Waals surface area contributed by atoms with Gasteiger partial charge in [-0.1, -0.05) is 41.9 Å². The molecule has 1 saturated heterocycles. The smallest absolute Gasteiger partial charge is 0.264 e. The zero-order chi connectivity index (χ0) is 17.6. The Labute approximate surface area is 152 Å². The molecule has 2 aromatic carbocycles. The van der Waals surface area contributed by atoms with E-state index in [4.69, 9.17) is 11.6 Å². The largest absolute Gasteiger partial charge is 0.368 e. The summed E-state index contributed by atoms with van der Waals surface area (Å²) in [6.07, 6.45) is 1.60. The van der Waals surface area contributed by atoms with Gasteiger partial charge in [0.15, 0.2) is 0 Å². The molecule has 0 atom stereocenters. The molecule has 1 heterocycles. The predicted octanol–water partition coefficient (Wildman–Crippen LogP) is 3.60. The number of nitriles is 1. The summed E-state index contributed by atoms with van der Waals surface area (Å²) in [4.78, 5) is 16.6. The van der Waals surface area contributed by atoms with Crippen LogP contribution in [0.15, 0.2) is 60.2 Å². The molecule has 0 aliphatic carbocycles. The van der Waals surface area contributed by atoms with Crippen LogP contribution in [0.25, 0.3) is 6.08 Å². The van der Waals surface area contributed by atoms with Crippen LogP contribution in [0.1, 0.15) is 5.56 Å². The summed E-state index contributed by atoms with van der Waals surface area (Å²) in [5, 5.41) is 9.96. The average molecular weight is 352 g/mol. The number of hydrogen-bond acceptors (Lipinski definition) is 3. The van der Waals surface area contributed by atoms with Gasteiger partial charge < -0.3 is 9.80 Å². The monoisotopic (exact) mass is 351 g/mol. The van der Waals surface area contributed by atoms with Crippen LogP contribution in [0.5, 0.6) is 0 Å². The number of carbonyl (C=O) groups is 1. The molecule has 0 unspecified atom stereocenters. The van der Waals surface area contributed by atoms with Gasteiger partial charge in [0.05, 0.1) is 0 Å². The van der Waals surface area contributed by atoms with Crippen LogP contribution in [0.2, 0.25) is 5.02 Å². The van der Waals surface area contributed by atoms with Crippen molar-refractivity contribution < 1.29 is 4.79 Å². The standard InChI is InChI=1S/C20H18ClN3O/c21-18-6-4-5-16(14-18)13-17(15-22)20(25)24-11-9-23(10-12-24)19-7-2-1-3-8-19/h1-8,13-14H,9-12H2/b17-13-. The second kappa shape index (κ2) is 7.87. The Bertz CT molecular complexity index is 818. The van der Waals surface area contributed by atoms with Gasteiger partial charge in [-0.15, -0.1) is 0 Å². The number of anilines is 1. The lowest BCUT2D eigenvalue weighted by atomic mass is 10.1. The van der Waals surface area contributed by atoms with Crippen LogP contribution in [0.4, 0.5) is 5.69 Å². The molecule has 2 aromatic rings. The number of piperazine rings is 1. The Morgan fingerprint density at radius 1 is 1.04 bits per heavy atom. The van der Waals surface area contributed by atoms with E-state index >= 15 is 0 Å². The van der Waals surface area contributed by atoms with E-state index in [1.807, 2.05) is 30.3 Å². The normalized spacial score (nSPS) is 15.0. The third kappa shape index (κ3) is 4.20. The Hall–Kier alpha value is -2.77. The summed E-state index contributed by atoms with van der Waals surface area (Å²) in [5.74, 6) is -0.227. The highest BCUT2D eigenvalue weighted by atomic mass is 35.5. The molecule has 126 valence electrons. The third-order valence-electron chi connectivity index (χ3n) is 4.20. The van der Waals surface area contributed by atoms with Crippen molar-refractivity contribution in [1.29, 1.82) is 5.26 Å². The van der Waals surface area contributed by atoms with Gasteiger partial charge in [0, 0.05) is 36.9 Å². The van der Waals surface area contributed by atoms with E-state index in [2.05, 4.69) is 17.0 Å². The van der Waals surface area contributed by atoms with Crippen molar-refractivity contribution in [3.8, 4) is 6.07 Å². The second-order valence-electron chi connectivity index (χ2n) is 5.84. The van der Waals surface area contributed by atoms with Crippen molar-refractivity contribution in [2.45, 2.75) is 0 Å². The van der Waals surface area contributed by atoms with E-state index < -0.39 is 0 Å². The van der Waals surface area contributed by atoms with Gasteiger partial charge in [0.2, 0.25) is 0 Å². The summed E-state index contributed by atoms with van der Waals surface area (Å²) in [6, 6.07) is 19.3. The van der Waals surface area contributed by atoms with E-state index in [9.17, 15) is 10.1 Å². The highest BCUT2D eigenvalue weighted by Gasteiger charge is 2.23. The second-order valence-corrected chi connectivity index (χ2v) is 6.28. The summed E-state index contributed by atoms with van der Waals surface area (Å²) in [7, 11) is 0. The van der Waals surface area contributed by atoms with Crippen molar-refractivity contribution in [3.05, 3.63) is 70.8 Å². The third-order valence-corrected chi connectivity index (χ3v) is 4.43. The molecule has 3 rings (SSSR count). The van der Waals surface area contributed by atoms with Gasteiger partial charge >= 0.3 is 0 Å². The molecule has 1 amide bonds. The molecule has 5 heteroatoms. The molecule has 0 saturated carbocycles. The molecule has 0 bridgehead atoms. The first kappa shape index (κ1) is 17.1. The number of hydrogen-bond donors (Lipinski definition) is 0. The Morgan fingerprint density at radius 3 is 2.40 bits per heavy atom. The lowest BCUT2D eigenvalue weighted by molar-refractivity contribution is -0.126. The maximum Gasteiger partial charge on any atom is 0.264 e. The summed E-state index contributed by atoms with van der Waals surface area (Å²) >= 11 is 5.96. The van der Waals surface area contributed by atoms with E-state index in [1.54, 1.807) is 29.2 Å². The molecular formula is C20H18ClN3O. The number of halogens is 1. The van der Waals surface area contributed by atoms with E-state index in [0.717, 1.165) is 24.3 Å². The maximum atomic E-state index is 12.6. The van der Waals surface area contributed by atoms with Gasteiger partial charge in [-0.25, -0.2) is 0 Å². The van der Waals surface area contributed by atoms with Gasteiger partial charge in [0.1, 0.15) is 11.6 Å². The molecule has 0 radical (unpaired) electrons. The highest BCUT2D eigenvalue weighted by molar-refractivity contribution is 6.30. The minimum absolute atomic E-state index is 0.135. The SMILES string of the molecule is N#C/C(=C/c1cccc(Cl)c1)C(=O)N1CCN(c2ccccc2)CC1. The zero-order valence-electron chi connectivity index (χ0n) is 13.7. The van der Waals surface area contributed by atoms with E-state index in [0.29, 0.717) is 18.1 Å². The van der Waals surface area contributed by atoms with Crippen LogP contribution in [-0.2, 0) is 4.79 Å². The molecule has 0 spiro atoms. The first-order valence-electron chi connectivity index (χ1n) is 8.14. The topological polar surface area (TPSA) is 47.3 Å². The summed E-state index contributed by atoms with van der Waals surface area (Å²) in [6.45, 7) is 2.71. The number of carbonyl (C=O) groups excluding carboxylic acids is 1. The van der Waals surface area contributed by atoms with E-state index in [-0.39, 0.29) is 11.5 Å². The molecular weight excluding hydrogens is 334 g/mol. The fourth-order valence-electron chi connectivity index (χ4n) is 2.88. The summed E-state index contributed by atoms with van der Waals surface area (Å²) in [5.41, 5.74) is 2.04. The number of nitrogens with zero attached hydrogens (tertiary/aromatic N) is 3. The minimum Gasteiger partial charge on any atom is -0.368 e. The molecule has 4 nitrogen and oxygen atoms in total. The van der Waals surface area contributed by atoms with Crippen molar-refractivity contribution in [3.63, 3.8) is 0 Å². The molecule has 1 aliphatic heterocycles. The Kier molecular flexibility index (Phi) is 5.37. The quantitative estimate of drug-likeness (QED) is 0.627.